The molecule has 0 spiro atoms. The summed E-state index contributed by atoms with van der Waals surface area (Å²) < 4.78 is 18.6. The van der Waals surface area contributed by atoms with E-state index in [2.05, 4.69) is 0 Å². The Balaban J connectivity index is 1.97. The molecule has 2 rings (SSSR count). The molecule has 1 aromatic rings. The molecule has 0 radical (unpaired) electrons. The highest BCUT2D eigenvalue weighted by atomic mass is 19.1. The minimum absolute atomic E-state index is 0.165. The molecule has 3 heteroatoms. The Bertz CT molecular complexity index is 325. The van der Waals surface area contributed by atoms with E-state index in [4.69, 9.17) is 10.5 Å². The predicted octanol–water partition coefficient (Wildman–Crippen LogP) is 2.25. The van der Waals surface area contributed by atoms with Crippen LogP contribution in [0.25, 0.3) is 0 Å². The lowest BCUT2D eigenvalue weighted by Crippen LogP contribution is -2.17. The first-order valence-corrected chi connectivity index (χ1v) is 5.36. The molecule has 2 N–H and O–H groups in total. The lowest BCUT2D eigenvalue weighted by atomic mass is 10.1. The Hall–Kier alpha value is -0.930. The Kier molecular flexibility index (Phi) is 3.34. The van der Waals surface area contributed by atoms with Crippen molar-refractivity contribution in [2.24, 2.45) is 11.7 Å². The molecule has 1 atom stereocenters. The molecular formula is C12H16FNO. The van der Waals surface area contributed by atoms with Crippen molar-refractivity contribution in [3.63, 3.8) is 0 Å². The van der Waals surface area contributed by atoms with Crippen LogP contribution in [0, 0.1) is 11.7 Å². The average molecular weight is 209 g/mol. The topological polar surface area (TPSA) is 35.2 Å². The maximum Gasteiger partial charge on any atom is 0.123 e. The van der Waals surface area contributed by atoms with Gasteiger partial charge in [0.1, 0.15) is 5.82 Å². The summed E-state index contributed by atoms with van der Waals surface area (Å²) in [5.41, 5.74) is 6.45. The molecule has 0 aromatic heterocycles. The fourth-order valence-corrected chi connectivity index (χ4v) is 1.54. The fraction of sp³-hybridized carbons (Fsp3) is 0.500. The Morgan fingerprint density at radius 1 is 1.47 bits per heavy atom. The molecule has 1 unspecified atom stereocenters. The van der Waals surface area contributed by atoms with Gasteiger partial charge in [-0.05, 0) is 36.5 Å². The van der Waals surface area contributed by atoms with Gasteiger partial charge in [0.15, 0.2) is 0 Å². The fourth-order valence-electron chi connectivity index (χ4n) is 1.54. The van der Waals surface area contributed by atoms with Crippen LogP contribution in [0.5, 0.6) is 0 Å². The van der Waals surface area contributed by atoms with Crippen LogP contribution >= 0.6 is 0 Å². The van der Waals surface area contributed by atoms with Gasteiger partial charge < -0.3 is 10.5 Å². The first kappa shape index (κ1) is 10.6. The van der Waals surface area contributed by atoms with Gasteiger partial charge in [0, 0.05) is 6.54 Å². The SMILES string of the molecule is NCC(OCC1CC1)c1cccc(F)c1. The first-order valence-electron chi connectivity index (χ1n) is 5.36. The molecule has 15 heavy (non-hydrogen) atoms. The number of halogens is 1. The third kappa shape index (κ3) is 3.01. The van der Waals surface area contributed by atoms with Crippen molar-refractivity contribution in [3.8, 4) is 0 Å². The number of hydrogen-bond donors (Lipinski definition) is 1. The summed E-state index contributed by atoms with van der Waals surface area (Å²) in [6, 6.07) is 6.46. The minimum Gasteiger partial charge on any atom is -0.372 e. The maximum absolute atomic E-state index is 13.0. The Labute approximate surface area is 89.2 Å². The lowest BCUT2D eigenvalue weighted by Gasteiger charge is -2.16. The quantitative estimate of drug-likeness (QED) is 0.807. The van der Waals surface area contributed by atoms with E-state index in [0.717, 1.165) is 12.2 Å². The Morgan fingerprint density at radius 3 is 2.87 bits per heavy atom. The molecule has 0 bridgehead atoms. The van der Waals surface area contributed by atoms with E-state index < -0.39 is 0 Å². The van der Waals surface area contributed by atoms with Gasteiger partial charge in [-0.25, -0.2) is 4.39 Å². The number of nitrogens with two attached hydrogens (primary N) is 1. The van der Waals surface area contributed by atoms with Crippen molar-refractivity contribution in [1.29, 1.82) is 0 Å². The second kappa shape index (κ2) is 4.73. The molecule has 2 nitrogen and oxygen atoms in total. The number of rotatable bonds is 5. The molecule has 1 fully saturated rings. The third-order valence-electron chi connectivity index (χ3n) is 2.66. The van der Waals surface area contributed by atoms with Crippen molar-refractivity contribution in [3.05, 3.63) is 35.6 Å². The van der Waals surface area contributed by atoms with Gasteiger partial charge in [0.2, 0.25) is 0 Å². The zero-order valence-electron chi connectivity index (χ0n) is 8.66. The van der Waals surface area contributed by atoms with Crippen LogP contribution in [0.3, 0.4) is 0 Å². The summed E-state index contributed by atoms with van der Waals surface area (Å²) in [4.78, 5) is 0. The van der Waals surface area contributed by atoms with Gasteiger partial charge in [-0.2, -0.15) is 0 Å². The van der Waals surface area contributed by atoms with Gasteiger partial charge >= 0.3 is 0 Å². The number of ether oxygens (including phenoxy) is 1. The van der Waals surface area contributed by atoms with Crippen molar-refractivity contribution < 1.29 is 9.13 Å². The molecule has 1 aliphatic carbocycles. The van der Waals surface area contributed by atoms with Crippen LogP contribution in [0.4, 0.5) is 4.39 Å². The van der Waals surface area contributed by atoms with Gasteiger partial charge in [-0.1, -0.05) is 12.1 Å². The molecule has 1 saturated carbocycles. The lowest BCUT2D eigenvalue weighted by molar-refractivity contribution is 0.0509. The van der Waals surface area contributed by atoms with E-state index in [1.165, 1.54) is 25.0 Å². The molecular weight excluding hydrogens is 193 g/mol. The van der Waals surface area contributed by atoms with Crippen LogP contribution in [0.2, 0.25) is 0 Å². The molecule has 0 heterocycles. The van der Waals surface area contributed by atoms with Gasteiger partial charge in [-0.15, -0.1) is 0 Å². The molecule has 1 aromatic carbocycles. The summed E-state index contributed by atoms with van der Waals surface area (Å²) in [6.07, 6.45) is 2.34. The van der Waals surface area contributed by atoms with Crippen molar-refractivity contribution in [2.45, 2.75) is 18.9 Å². The largest absolute Gasteiger partial charge is 0.372 e. The van der Waals surface area contributed by atoms with E-state index in [9.17, 15) is 4.39 Å². The highest BCUT2D eigenvalue weighted by Gasteiger charge is 2.23. The standard InChI is InChI=1S/C12H16FNO/c13-11-3-1-2-10(6-11)12(7-14)15-8-9-4-5-9/h1-3,6,9,12H,4-5,7-8,14H2. The average Bonchev–Trinajstić information content (AvgIpc) is 3.03. The highest BCUT2D eigenvalue weighted by molar-refractivity contribution is 5.19. The van der Waals surface area contributed by atoms with Crippen LogP contribution in [-0.2, 0) is 4.74 Å². The minimum atomic E-state index is -0.235. The van der Waals surface area contributed by atoms with Crippen molar-refractivity contribution >= 4 is 0 Å². The summed E-state index contributed by atoms with van der Waals surface area (Å²) >= 11 is 0. The molecule has 0 aliphatic heterocycles. The van der Waals surface area contributed by atoms with E-state index >= 15 is 0 Å². The van der Waals surface area contributed by atoms with Gasteiger partial charge in [0.25, 0.3) is 0 Å². The van der Waals surface area contributed by atoms with Crippen LogP contribution in [0.15, 0.2) is 24.3 Å². The third-order valence-corrected chi connectivity index (χ3v) is 2.66. The van der Waals surface area contributed by atoms with Crippen LogP contribution in [-0.4, -0.2) is 13.2 Å². The number of benzene rings is 1. The zero-order chi connectivity index (χ0) is 10.7. The molecule has 82 valence electrons. The maximum atomic E-state index is 13.0. The van der Waals surface area contributed by atoms with Gasteiger partial charge in [-0.3, -0.25) is 0 Å². The summed E-state index contributed by atoms with van der Waals surface area (Å²) in [6.45, 7) is 1.15. The number of hydrogen-bond acceptors (Lipinski definition) is 2. The normalized spacial score (nSPS) is 17.7. The highest BCUT2D eigenvalue weighted by Crippen LogP contribution is 2.30. The van der Waals surface area contributed by atoms with E-state index in [0.29, 0.717) is 12.5 Å². The smallest absolute Gasteiger partial charge is 0.123 e. The van der Waals surface area contributed by atoms with E-state index in [-0.39, 0.29) is 11.9 Å². The van der Waals surface area contributed by atoms with E-state index in [1.807, 2.05) is 6.07 Å². The van der Waals surface area contributed by atoms with Crippen molar-refractivity contribution in [1.82, 2.24) is 0 Å². The first-order chi connectivity index (χ1) is 7.29. The van der Waals surface area contributed by atoms with Gasteiger partial charge in [0.05, 0.1) is 12.7 Å². The second-order valence-electron chi connectivity index (χ2n) is 4.06. The summed E-state index contributed by atoms with van der Waals surface area (Å²) in [7, 11) is 0. The van der Waals surface area contributed by atoms with Crippen molar-refractivity contribution in [2.75, 3.05) is 13.2 Å². The zero-order valence-corrected chi connectivity index (χ0v) is 8.66. The summed E-state index contributed by atoms with van der Waals surface area (Å²) in [5.74, 6) is 0.466. The van der Waals surface area contributed by atoms with Crippen LogP contribution in [0.1, 0.15) is 24.5 Å². The predicted molar refractivity (Wildman–Crippen MR) is 56.9 cm³/mol. The Morgan fingerprint density at radius 2 is 2.27 bits per heavy atom. The second-order valence-corrected chi connectivity index (χ2v) is 4.06. The summed E-state index contributed by atoms with van der Waals surface area (Å²) in [5, 5.41) is 0. The molecule has 0 amide bonds. The monoisotopic (exact) mass is 209 g/mol. The molecule has 0 saturated heterocycles. The molecule has 1 aliphatic rings. The van der Waals surface area contributed by atoms with E-state index in [1.54, 1.807) is 6.07 Å². The van der Waals surface area contributed by atoms with Crippen LogP contribution < -0.4 is 5.73 Å².